The molecular weight excluding hydrogens is 384 g/mol. The van der Waals surface area contributed by atoms with E-state index in [9.17, 15) is 13.6 Å². The van der Waals surface area contributed by atoms with Crippen LogP contribution in [-0.2, 0) is 4.79 Å². The predicted molar refractivity (Wildman–Crippen MR) is 96.3 cm³/mol. The SMILES string of the molecule is Nn1c(SCC(=O)Nc2ccc(Cl)cc2F)nnc1-c1ccc(F)cc1. The number of halogens is 3. The van der Waals surface area contributed by atoms with Crippen LogP contribution < -0.4 is 11.2 Å². The van der Waals surface area contributed by atoms with Crippen LogP contribution in [0.2, 0.25) is 5.02 Å². The number of aromatic nitrogens is 3. The van der Waals surface area contributed by atoms with Gasteiger partial charge in [-0.05, 0) is 42.5 Å². The van der Waals surface area contributed by atoms with Crippen molar-refractivity contribution in [3.8, 4) is 11.4 Å². The van der Waals surface area contributed by atoms with Gasteiger partial charge in [0.15, 0.2) is 5.82 Å². The first-order valence-electron chi connectivity index (χ1n) is 7.28. The number of carbonyl (C=O) groups is 1. The van der Waals surface area contributed by atoms with E-state index >= 15 is 0 Å². The molecule has 1 heterocycles. The molecular formula is C16H12ClF2N5OS. The third kappa shape index (κ3) is 4.12. The maximum Gasteiger partial charge on any atom is 0.234 e. The molecule has 0 fully saturated rings. The second kappa shape index (κ2) is 7.71. The van der Waals surface area contributed by atoms with E-state index in [1.165, 1.54) is 41.1 Å². The summed E-state index contributed by atoms with van der Waals surface area (Å²) in [4.78, 5) is 12.0. The van der Waals surface area contributed by atoms with E-state index < -0.39 is 11.7 Å². The number of amides is 1. The number of benzene rings is 2. The van der Waals surface area contributed by atoms with E-state index in [-0.39, 0.29) is 27.4 Å². The zero-order chi connectivity index (χ0) is 18.7. The number of anilines is 1. The van der Waals surface area contributed by atoms with E-state index in [0.29, 0.717) is 11.4 Å². The van der Waals surface area contributed by atoms with E-state index in [0.717, 1.165) is 17.8 Å². The largest absolute Gasteiger partial charge is 0.335 e. The van der Waals surface area contributed by atoms with Gasteiger partial charge in [0.05, 0.1) is 11.4 Å². The smallest absolute Gasteiger partial charge is 0.234 e. The number of carbonyl (C=O) groups excluding carboxylic acids is 1. The Morgan fingerprint density at radius 3 is 2.62 bits per heavy atom. The quantitative estimate of drug-likeness (QED) is 0.511. The van der Waals surface area contributed by atoms with Gasteiger partial charge >= 0.3 is 0 Å². The molecule has 0 radical (unpaired) electrons. The highest BCUT2D eigenvalue weighted by Crippen LogP contribution is 2.23. The Morgan fingerprint density at radius 2 is 1.92 bits per heavy atom. The van der Waals surface area contributed by atoms with Gasteiger partial charge < -0.3 is 11.2 Å². The summed E-state index contributed by atoms with van der Waals surface area (Å²) in [6.45, 7) is 0. The Bertz CT molecular complexity index is 948. The van der Waals surface area contributed by atoms with Gasteiger partial charge in [-0.3, -0.25) is 4.79 Å². The maximum atomic E-state index is 13.7. The second-order valence-electron chi connectivity index (χ2n) is 5.14. The summed E-state index contributed by atoms with van der Waals surface area (Å²) < 4.78 is 27.9. The minimum Gasteiger partial charge on any atom is -0.335 e. The lowest BCUT2D eigenvalue weighted by Crippen LogP contribution is -2.17. The van der Waals surface area contributed by atoms with Crippen molar-refractivity contribution in [3.63, 3.8) is 0 Å². The fourth-order valence-corrected chi connectivity index (χ4v) is 2.89. The van der Waals surface area contributed by atoms with Crippen LogP contribution in [0.3, 0.4) is 0 Å². The van der Waals surface area contributed by atoms with Gasteiger partial charge in [-0.25, -0.2) is 13.5 Å². The Morgan fingerprint density at radius 1 is 1.19 bits per heavy atom. The Hall–Kier alpha value is -2.65. The van der Waals surface area contributed by atoms with Gasteiger partial charge in [-0.15, -0.1) is 10.2 Å². The number of nitrogens with two attached hydrogens (primary N) is 1. The summed E-state index contributed by atoms with van der Waals surface area (Å²) in [5.74, 6) is 4.75. The number of nitrogen functional groups attached to an aromatic ring is 1. The number of rotatable bonds is 5. The molecule has 0 aliphatic rings. The summed E-state index contributed by atoms with van der Waals surface area (Å²) in [6, 6.07) is 9.56. The fraction of sp³-hybridized carbons (Fsp3) is 0.0625. The molecule has 3 N–H and O–H groups in total. The Balaban J connectivity index is 1.64. The molecule has 0 unspecified atom stereocenters. The molecule has 10 heteroatoms. The van der Waals surface area contributed by atoms with Gasteiger partial charge in [0, 0.05) is 10.6 Å². The number of thioether (sulfide) groups is 1. The van der Waals surface area contributed by atoms with Crippen molar-refractivity contribution in [2.45, 2.75) is 5.16 Å². The average molecular weight is 396 g/mol. The standard InChI is InChI=1S/C16H12ClF2N5OS/c17-10-3-6-13(12(19)7-10)21-14(25)8-26-16-23-22-15(24(16)20)9-1-4-11(18)5-2-9/h1-7H,8,20H2,(H,21,25). The minimum absolute atomic E-state index is 0.0289. The van der Waals surface area contributed by atoms with Crippen molar-refractivity contribution in [1.29, 1.82) is 0 Å². The summed E-state index contributed by atoms with van der Waals surface area (Å²) in [6.07, 6.45) is 0. The van der Waals surface area contributed by atoms with E-state index in [2.05, 4.69) is 15.5 Å². The lowest BCUT2D eigenvalue weighted by Gasteiger charge is -2.07. The van der Waals surface area contributed by atoms with E-state index in [4.69, 9.17) is 17.4 Å². The zero-order valence-corrected chi connectivity index (χ0v) is 14.7. The summed E-state index contributed by atoms with van der Waals surface area (Å²) in [7, 11) is 0. The van der Waals surface area contributed by atoms with Crippen LogP contribution in [0.15, 0.2) is 47.6 Å². The van der Waals surface area contributed by atoms with Crippen molar-refractivity contribution >= 4 is 35.0 Å². The average Bonchev–Trinajstić information content (AvgIpc) is 2.97. The van der Waals surface area contributed by atoms with Gasteiger partial charge in [0.1, 0.15) is 11.6 Å². The minimum atomic E-state index is -0.628. The fourth-order valence-electron chi connectivity index (χ4n) is 2.08. The molecule has 2 aromatic carbocycles. The monoisotopic (exact) mass is 395 g/mol. The molecule has 0 saturated carbocycles. The van der Waals surface area contributed by atoms with Crippen LogP contribution in [0, 0.1) is 11.6 Å². The summed E-state index contributed by atoms with van der Waals surface area (Å²) >= 11 is 6.70. The van der Waals surface area contributed by atoms with Crippen molar-refractivity contribution in [2.75, 3.05) is 16.9 Å². The van der Waals surface area contributed by atoms with Gasteiger partial charge in [-0.1, -0.05) is 23.4 Å². The van der Waals surface area contributed by atoms with Crippen LogP contribution in [0.1, 0.15) is 0 Å². The van der Waals surface area contributed by atoms with E-state index in [1.807, 2.05) is 0 Å². The molecule has 0 atom stereocenters. The Kier molecular flexibility index (Phi) is 5.38. The van der Waals surface area contributed by atoms with Crippen LogP contribution in [0.25, 0.3) is 11.4 Å². The summed E-state index contributed by atoms with van der Waals surface area (Å²) in [5.41, 5.74) is 0.613. The van der Waals surface area contributed by atoms with Crippen LogP contribution in [-0.4, -0.2) is 26.5 Å². The summed E-state index contributed by atoms with van der Waals surface area (Å²) in [5, 5.41) is 10.8. The highest BCUT2D eigenvalue weighted by atomic mass is 35.5. The molecule has 6 nitrogen and oxygen atoms in total. The Labute approximate surface area is 156 Å². The van der Waals surface area contributed by atoms with Crippen LogP contribution in [0.4, 0.5) is 14.5 Å². The third-order valence-electron chi connectivity index (χ3n) is 3.30. The lowest BCUT2D eigenvalue weighted by molar-refractivity contribution is -0.113. The molecule has 26 heavy (non-hydrogen) atoms. The highest BCUT2D eigenvalue weighted by molar-refractivity contribution is 7.99. The molecule has 0 aliphatic carbocycles. The molecule has 3 rings (SSSR count). The molecule has 134 valence electrons. The van der Waals surface area contributed by atoms with E-state index in [1.54, 1.807) is 0 Å². The maximum absolute atomic E-state index is 13.7. The predicted octanol–water partition coefficient (Wildman–Crippen LogP) is 3.32. The first-order chi connectivity index (χ1) is 12.4. The topological polar surface area (TPSA) is 85.8 Å². The number of hydrogen-bond acceptors (Lipinski definition) is 5. The molecule has 0 aliphatic heterocycles. The number of hydrogen-bond donors (Lipinski definition) is 2. The van der Waals surface area contributed by atoms with Crippen LogP contribution >= 0.6 is 23.4 Å². The van der Waals surface area contributed by atoms with Crippen molar-refractivity contribution in [2.24, 2.45) is 0 Å². The third-order valence-corrected chi connectivity index (χ3v) is 4.48. The molecule has 0 spiro atoms. The first kappa shape index (κ1) is 18.2. The molecule has 0 bridgehead atoms. The van der Waals surface area contributed by atoms with Gasteiger partial charge in [0.2, 0.25) is 11.1 Å². The lowest BCUT2D eigenvalue weighted by atomic mass is 10.2. The van der Waals surface area contributed by atoms with Gasteiger partial charge in [-0.2, -0.15) is 0 Å². The zero-order valence-electron chi connectivity index (χ0n) is 13.1. The van der Waals surface area contributed by atoms with Crippen molar-refractivity contribution in [3.05, 3.63) is 59.1 Å². The van der Waals surface area contributed by atoms with Crippen molar-refractivity contribution < 1.29 is 13.6 Å². The molecule has 0 saturated heterocycles. The van der Waals surface area contributed by atoms with Crippen molar-refractivity contribution in [1.82, 2.24) is 14.9 Å². The normalized spacial score (nSPS) is 10.7. The molecule has 3 aromatic rings. The highest BCUT2D eigenvalue weighted by Gasteiger charge is 2.14. The molecule has 1 amide bonds. The molecule has 1 aromatic heterocycles. The van der Waals surface area contributed by atoms with Crippen LogP contribution in [0.5, 0.6) is 0 Å². The number of nitrogens with zero attached hydrogens (tertiary/aromatic N) is 3. The number of nitrogens with one attached hydrogen (secondary N) is 1. The van der Waals surface area contributed by atoms with Gasteiger partial charge in [0.25, 0.3) is 0 Å². The first-order valence-corrected chi connectivity index (χ1v) is 8.64. The second-order valence-corrected chi connectivity index (χ2v) is 6.52.